The van der Waals surface area contributed by atoms with Crippen LogP contribution in [0.2, 0.25) is 5.02 Å². The molecular weight excluding hydrogens is 221 g/mol. The molecule has 14 heavy (non-hydrogen) atoms. The normalized spacial score (nSPS) is 14.1. The molecule has 0 aliphatic rings. The van der Waals surface area contributed by atoms with Crippen LogP contribution < -0.4 is 11.3 Å². The van der Waals surface area contributed by atoms with Crippen molar-refractivity contribution in [1.82, 2.24) is 4.98 Å². The van der Waals surface area contributed by atoms with Crippen LogP contribution in [0.3, 0.4) is 0 Å². The van der Waals surface area contributed by atoms with Gasteiger partial charge in [0, 0.05) is 11.8 Å². The van der Waals surface area contributed by atoms with Gasteiger partial charge in [0.05, 0.1) is 5.02 Å². The Morgan fingerprint density at radius 2 is 2.07 bits per heavy atom. The molecule has 7 heteroatoms. The minimum Gasteiger partial charge on any atom is -0.327 e. The Morgan fingerprint density at radius 3 is 2.57 bits per heavy atom. The lowest BCUT2D eigenvalue weighted by molar-refractivity contribution is -0.149. The van der Waals surface area contributed by atoms with Crippen molar-refractivity contribution >= 4 is 11.6 Å². The maximum absolute atomic E-state index is 12.1. The van der Waals surface area contributed by atoms with Gasteiger partial charge in [-0.3, -0.25) is 4.79 Å². The zero-order chi connectivity index (χ0) is 10.9. The third-order valence-corrected chi connectivity index (χ3v) is 1.80. The number of hydrogen-bond acceptors (Lipinski definition) is 2. The van der Waals surface area contributed by atoms with E-state index in [1.807, 2.05) is 0 Å². The summed E-state index contributed by atoms with van der Waals surface area (Å²) in [6.07, 6.45) is -3.56. The van der Waals surface area contributed by atoms with Crippen molar-refractivity contribution in [2.45, 2.75) is 12.2 Å². The topological polar surface area (TPSA) is 58.9 Å². The predicted molar refractivity (Wildman–Crippen MR) is 45.1 cm³/mol. The molecule has 0 spiro atoms. The second kappa shape index (κ2) is 3.62. The zero-order valence-corrected chi connectivity index (χ0v) is 7.49. The van der Waals surface area contributed by atoms with Crippen LogP contribution >= 0.6 is 11.6 Å². The summed E-state index contributed by atoms with van der Waals surface area (Å²) < 4.78 is 36.4. The van der Waals surface area contributed by atoms with E-state index in [2.05, 4.69) is 4.98 Å². The molecule has 1 atom stereocenters. The Kier molecular flexibility index (Phi) is 2.86. The third kappa shape index (κ3) is 2.27. The number of H-pyrrole nitrogens is 1. The summed E-state index contributed by atoms with van der Waals surface area (Å²) in [7, 11) is 0. The fourth-order valence-electron chi connectivity index (χ4n) is 0.881. The average Bonchev–Trinajstić information content (AvgIpc) is 2.06. The van der Waals surface area contributed by atoms with Crippen LogP contribution in [0.5, 0.6) is 0 Å². The van der Waals surface area contributed by atoms with Crippen LogP contribution in [0, 0.1) is 0 Å². The lowest BCUT2D eigenvalue weighted by Crippen LogP contribution is -2.33. The van der Waals surface area contributed by atoms with Gasteiger partial charge in [0.2, 0.25) is 0 Å². The molecule has 0 aliphatic heterocycles. The molecule has 1 heterocycles. The molecule has 3 N–H and O–H groups in total. The summed E-state index contributed by atoms with van der Waals surface area (Å²) in [5, 5.41) is -0.000648. The molecule has 0 fully saturated rings. The molecule has 0 saturated heterocycles. The maximum Gasteiger partial charge on any atom is 0.407 e. The van der Waals surface area contributed by atoms with Gasteiger partial charge in [-0.2, -0.15) is 13.2 Å². The first-order valence-corrected chi connectivity index (χ1v) is 3.90. The number of hydrogen-bond donors (Lipinski definition) is 2. The van der Waals surface area contributed by atoms with Crippen LogP contribution in [0.4, 0.5) is 13.2 Å². The van der Waals surface area contributed by atoms with E-state index >= 15 is 0 Å². The average molecular weight is 227 g/mol. The summed E-state index contributed by atoms with van der Waals surface area (Å²) in [6.45, 7) is 0. The fraction of sp³-hybridized carbons (Fsp3) is 0.286. The number of aromatic nitrogens is 1. The summed E-state index contributed by atoms with van der Waals surface area (Å²) >= 11 is 5.42. The highest BCUT2D eigenvalue weighted by Crippen LogP contribution is 2.29. The van der Waals surface area contributed by atoms with Crippen molar-refractivity contribution < 1.29 is 13.2 Å². The second-order valence-corrected chi connectivity index (χ2v) is 3.06. The highest BCUT2D eigenvalue weighted by atomic mass is 35.5. The summed E-state index contributed by atoms with van der Waals surface area (Å²) in [6, 6.07) is -1.41. The Balaban J connectivity index is 3.19. The minimum absolute atomic E-state index is 0.000648. The van der Waals surface area contributed by atoms with E-state index in [4.69, 9.17) is 17.3 Å². The number of pyridine rings is 1. The van der Waals surface area contributed by atoms with Crippen LogP contribution in [0.15, 0.2) is 17.1 Å². The predicted octanol–water partition coefficient (Wildman–Crippen LogP) is 1.59. The summed E-state index contributed by atoms with van der Waals surface area (Å²) in [5.41, 5.74) is 3.36. The van der Waals surface area contributed by atoms with E-state index in [1.165, 1.54) is 0 Å². The largest absolute Gasteiger partial charge is 0.407 e. The van der Waals surface area contributed by atoms with E-state index in [9.17, 15) is 18.0 Å². The number of nitrogens with one attached hydrogen (secondary N) is 1. The number of rotatable bonds is 1. The molecule has 0 aromatic carbocycles. The van der Waals surface area contributed by atoms with Crippen LogP contribution in [-0.2, 0) is 0 Å². The molecule has 0 bridgehead atoms. The Morgan fingerprint density at radius 1 is 1.50 bits per heavy atom. The van der Waals surface area contributed by atoms with Gasteiger partial charge in [-0.05, 0) is 6.07 Å². The summed E-state index contributed by atoms with van der Waals surface area (Å²) in [4.78, 5) is 13.0. The van der Waals surface area contributed by atoms with Crippen molar-refractivity contribution in [3.8, 4) is 0 Å². The first-order chi connectivity index (χ1) is 6.32. The molecule has 0 radical (unpaired) electrons. The number of nitrogens with two attached hydrogens (primary N) is 1. The number of alkyl halides is 3. The van der Waals surface area contributed by atoms with E-state index < -0.39 is 23.3 Å². The van der Waals surface area contributed by atoms with Crippen molar-refractivity contribution in [1.29, 1.82) is 0 Å². The Bertz CT molecular complexity index is 387. The molecule has 0 aliphatic carbocycles. The molecular formula is C7H6ClF3N2O. The molecule has 3 nitrogen and oxygen atoms in total. The molecule has 0 amide bonds. The third-order valence-electron chi connectivity index (χ3n) is 1.58. The molecule has 78 valence electrons. The molecule has 1 aromatic rings. The van der Waals surface area contributed by atoms with Gasteiger partial charge < -0.3 is 10.7 Å². The standard InChI is InChI=1S/C7H6ClF3N2O/c8-3-1-4(6(14)13-2-3)5(12)7(9,10)11/h1-2,5H,12H2,(H,13,14). The number of halogens is 4. The van der Waals surface area contributed by atoms with Crippen LogP contribution in [-0.4, -0.2) is 11.2 Å². The first kappa shape index (κ1) is 11.1. The smallest absolute Gasteiger partial charge is 0.327 e. The van der Waals surface area contributed by atoms with Crippen molar-refractivity contribution in [2.24, 2.45) is 5.73 Å². The Labute approximate surface area is 81.7 Å². The molecule has 1 unspecified atom stereocenters. The molecule has 1 aromatic heterocycles. The lowest BCUT2D eigenvalue weighted by Gasteiger charge is -2.14. The number of aromatic amines is 1. The van der Waals surface area contributed by atoms with Gasteiger partial charge in [0.15, 0.2) is 0 Å². The van der Waals surface area contributed by atoms with Crippen LogP contribution in [0.25, 0.3) is 0 Å². The van der Waals surface area contributed by atoms with Gasteiger partial charge in [0.1, 0.15) is 6.04 Å². The lowest BCUT2D eigenvalue weighted by atomic mass is 10.1. The van der Waals surface area contributed by atoms with E-state index in [0.29, 0.717) is 0 Å². The maximum atomic E-state index is 12.1. The highest BCUT2D eigenvalue weighted by molar-refractivity contribution is 6.30. The fourth-order valence-corrected chi connectivity index (χ4v) is 1.05. The van der Waals surface area contributed by atoms with E-state index in [1.54, 1.807) is 0 Å². The van der Waals surface area contributed by atoms with Gasteiger partial charge in [0.25, 0.3) is 5.56 Å². The Hall–Kier alpha value is -1.01. The highest BCUT2D eigenvalue weighted by Gasteiger charge is 2.39. The monoisotopic (exact) mass is 226 g/mol. The zero-order valence-electron chi connectivity index (χ0n) is 6.73. The quantitative estimate of drug-likeness (QED) is 0.764. The molecule has 0 saturated carbocycles. The van der Waals surface area contributed by atoms with Gasteiger partial charge in [-0.1, -0.05) is 11.6 Å². The van der Waals surface area contributed by atoms with Crippen molar-refractivity contribution in [3.05, 3.63) is 33.2 Å². The second-order valence-electron chi connectivity index (χ2n) is 2.62. The first-order valence-electron chi connectivity index (χ1n) is 3.53. The minimum atomic E-state index is -4.66. The van der Waals surface area contributed by atoms with Crippen molar-refractivity contribution in [3.63, 3.8) is 0 Å². The van der Waals surface area contributed by atoms with Gasteiger partial charge in [-0.25, -0.2) is 0 Å². The van der Waals surface area contributed by atoms with Crippen LogP contribution in [0.1, 0.15) is 11.6 Å². The van der Waals surface area contributed by atoms with Gasteiger partial charge >= 0.3 is 6.18 Å². The van der Waals surface area contributed by atoms with E-state index in [-0.39, 0.29) is 5.02 Å². The van der Waals surface area contributed by atoms with Crippen molar-refractivity contribution in [2.75, 3.05) is 0 Å². The van der Waals surface area contributed by atoms with Gasteiger partial charge in [-0.15, -0.1) is 0 Å². The SMILES string of the molecule is NC(c1cc(Cl)c[nH]c1=O)C(F)(F)F. The molecule has 1 rings (SSSR count). The van der Waals surface area contributed by atoms with E-state index in [0.717, 1.165) is 12.3 Å². The summed E-state index contributed by atoms with van der Waals surface area (Å²) in [5.74, 6) is 0.